The number of hydrogen-bond acceptors (Lipinski definition) is 2. The lowest BCUT2D eigenvalue weighted by Crippen LogP contribution is -2.44. The van der Waals surface area contributed by atoms with Crippen molar-refractivity contribution in [2.75, 3.05) is 13.1 Å². The van der Waals surface area contributed by atoms with E-state index in [1.165, 1.54) is 0 Å². The summed E-state index contributed by atoms with van der Waals surface area (Å²) in [7, 11) is 0. The minimum atomic E-state index is -0.0218. The fourth-order valence-electron chi connectivity index (χ4n) is 3.68. The summed E-state index contributed by atoms with van der Waals surface area (Å²) < 4.78 is 0. The molecule has 0 aliphatic carbocycles. The molecule has 2 aromatic rings. The van der Waals surface area contributed by atoms with Crippen LogP contribution in [0.1, 0.15) is 50.5 Å². The van der Waals surface area contributed by atoms with Crippen LogP contribution in [-0.2, 0) is 4.79 Å². The van der Waals surface area contributed by atoms with Crippen LogP contribution in [-0.4, -0.2) is 40.8 Å². The standard InChI is InChI=1S/C21H28ClN3O2/c1-4-13(2)23-20(26)14(3)15-7-9-25(10-8-15)21(27)19-12-16-11-17(22)5-6-18(16)24-19/h5-6,11-15,24H,4,7-10H2,1-3H3,(H,23,26)/t13-,14+/m0/s1. The van der Waals surface area contributed by atoms with Gasteiger partial charge in [-0.1, -0.05) is 25.4 Å². The highest BCUT2D eigenvalue weighted by atomic mass is 35.5. The Kier molecular flexibility index (Phi) is 6.10. The molecule has 2 N–H and O–H groups in total. The van der Waals surface area contributed by atoms with Crippen LogP contribution in [0.5, 0.6) is 0 Å². The number of nitrogens with zero attached hydrogens (tertiary/aromatic N) is 1. The zero-order chi connectivity index (χ0) is 19.6. The van der Waals surface area contributed by atoms with Gasteiger partial charge in [0.05, 0.1) is 0 Å². The Hall–Kier alpha value is -2.01. The molecule has 2 amide bonds. The third kappa shape index (κ3) is 4.46. The number of amides is 2. The fourth-order valence-corrected chi connectivity index (χ4v) is 3.86. The number of hydrogen-bond donors (Lipinski definition) is 2. The summed E-state index contributed by atoms with van der Waals surface area (Å²) in [6.45, 7) is 7.46. The highest BCUT2D eigenvalue weighted by Crippen LogP contribution is 2.27. The first kappa shape index (κ1) is 19.7. The molecule has 2 heterocycles. The number of carbonyl (C=O) groups is 2. The lowest BCUT2D eigenvalue weighted by atomic mass is 9.84. The van der Waals surface area contributed by atoms with Crippen LogP contribution < -0.4 is 5.32 Å². The summed E-state index contributed by atoms with van der Waals surface area (Å²) in [5.41, 5.74) is 1.50. The van der Waals surface area contributed by atoms with Crippen LogP contribution >= 0.6 is 11.6 Å². The maximum atomic E-state index is 12.8. The first-order valence-electron chi connectivity index (χ1n) is 9.77. The molecule has 1 saturated heterocycles. The number of aromatic amines is 1. The number of rotatable bonds is 5. The third-order valence-corrected chi connectivity index (χ3v) is 6.00. The van der Waals surface area contributed by atoms with Crippen LogP contribution in [0.4, 0.5) is 0 Å². The molecule has 5 nitrogen and oxygen atoms in total. The van der Waals surface area contributed by atoms with Crippen molar-refractivity contribution >= 4 is 34.3 Å². The molecule has 1 fully saturated rings. The average Bonchev–Trinajstić information content (AvgIpc) is 3.09. The summed E-state index contributed by atoms with van der Waals surface area (Å²) in [6.07, 6.45) is 2.64. The van der Waals surface area contributed by atoms with E-state index in [4.69, 9.17) is 11.6 Å². The van der Waals surface area contributed by atoms with Crippen LogP contribution in [0.15, 0.2) is 24.3 Å². The lowest BCUT2D eigenvalue weighted by molar-refractivity contribution is -0.127. The molecular weight excluding hydrogens is 362 g/mol. The van der Waals surface area contributed by atoms with Crippen molar-refractivity contribution < 1.29 is 9.59 Å². The number of carbonyl (C=O) groups excluding carboxylic acids is 2. The Balaban J connectivity index is 1.59. The Bertz CT molecular complexity index is 824. The molecule has 27 heavy (non-hydrogen) atoms. The number of fused-ring (bicyclic) bond motifs is 1. The molecule has 3 rings (SSSR count). The monoisotopic (exact) mass is 389 g/mol. The van der Waals surface area contributed by atoms with Gasteiger partial charge >= 0.3 is 0 Å². The lowest BCUT2D eigenvalue weighted by Gasteiger charge is -2.34. The van der Waals surface area contributed by atoms with Gasteiger partial charge in [-0.05, 0) is 56.4 Å². The van der Waals surface area contributed by atoms with E-state index in [1.807, 2.05) is 43.0 Å². The zero-order valence-corrected chi connectivity index (χ0v) is 17.0. The van der Waals surface area contributed by atoms with Crippen molar-refractivity contribution in [3.8, 4) is 0 Å². The summed E-state index contributed by atoms with van der Waals surface area (Å²) in [5, 5.41) is 4.67. The van der Waals surface area contributed by atoms with E-state index in [-0.39, 0.29) is 23.8 Å². The van der Waals surface area contributed by atoms with E-state index in [9.17, 15) is 9.59 Å². The summed E-state index contributed by atoms with van der Waals surface area (Å²) in [6, 6.07) is 7.62. The Labute approximate surface area is 165 Å². The quantitative estimate of drug-likeness (QED) is 0.803. The highest BCUT2D eigenvalue weighted by Gasteiger charge is 2.30. The summed E-state index contributed by atoms with van der Waals surface area (Å²) >= 11 is 6.03. The first-order chi connectivity index (χ1) is 12.9. The van der Waals surface area contributed by atoms with Crippen molar-refractivity contribution in [2.45, 2.75) is 46.1 Å². The Morgan fingerprint density at radius 1 is 1.26 bits per heavy atom. The van der Waals surface area contributed by atoms with Gasteiger partial charge in [-0.25, -0.2) is 0 Å². The molecule has 0 unspecified atom stereocenters. The molecule has 1 aliphatic heterocycles. The second-order valence-electron chi connectivity index (χ2n) is 7.65. The topological polar surface area (TPSA) is 65.2 Å². The van der Waals surface area contributed by atoms with E-state index in [0.717, 1.165) is 30.2 Å². The van der Waals surface area contributed by atoms with Gasteiger partial charge in [0.25, 0.3) is 5.91 Å². The number of likely N-dealkylation sites (tertiary alicyclic amines) is 1. The van der Waals surface area contributed by atoms with Gasteiger partial charge in [0.15, 0.2) is 0 Å². The number of piperidine rings is 1. The van der Waals surface area contributed by atoms with E-state index < -0.39 is 0 Å². The van der Waals surface area contributed by atoms with Gasteiger partial charge in [0, 0.05) is 41.0 Å². The predicted molar refractivity (Wildman–Crippen MR) is 109 cm³/mol. The van der Waals surface area contributed by atoms with E-state index >= 15 is 0 Å². The number of aromatic nitrogens is 1. The Morgan fingerprint density at radius 2 is 1.96 bits per heavy atom. The molecule has 0 radical (unpaired) electrons. The normalized spacial score (nSPS) is 17.7. The summed E-state index contributed by atoms with van der Waals surface area (Å²) in [4.78, 5) is 30.3. The van der Waals surface area contributed by atoms with Crippen LogP contribution in [0, 0.1) is 11.8 Å². The smallest absolute Gasteiger partial charge is 0.270 e. The van der Waals surface area contributed by atoms with Gasteiger partial charge in [-0.15, -0.1) is 0 Å². The van der Waals surface area contributed by atoms with Gasteiger partial charge in [0.1, 0.15) is 5.69 Å². The van der Waals surface area contributed by atoms with Crippen molar-refractivity contribution in [3.63, 3.8) is 0 Å². The third-order valence-electron chi connectivity index (χ3n) is 5.76. The molecule has 1 aromatic carbocycles. The second-order valence-corrected chi connectivity index (χ2v) is 8.09. The van der Waals surface area contributed by atoms with Crippen molar-refractivity contribution in [1.82, 2.24) is 15.2 Å². The Morgan fingerprint density at radius 3 is 2.63 bits per heavy atom. The molecule has 146 valence electrons. The first-order valence-corrected chi connectivity index (χ1v) is 10.1. The van der Waals surface area contributed by atoms with Crippen molar-refractivity contribution in [1.29, 1.82) is 0 Å². The highest BCUT2D eigenvalue weighted by molar-refractivity contribution is 6.31. The number of nitrogens with one attached hydrogen (secondary N) is 2. The maximum absolute atomic E-state index is 12.8. The van der Waals surface area contributed by atoms with Gasteiger partial charge in [-0.3, -0.25) is 9.59 Å². The minimum absolute atomic E-state index is 0.0116. The van der Waals surface area contributed by atoms with Crippen LogP contribution in [0.3, 0.4) is 0 Å². The SMILES string of the molecule is CC[C@H](C)NC(=O)[C@H](C)C1CCN(C(=O)c2cc3cc(Cl)ccc3[nH]2)CC1. The van der Waals surface area contributed by atoms with Gasteiger partial charge < -0.3 is 15.2 Å². The van der Waals surface area contributed by atoms with E-state index in [1.54, 1.807) is 0 Å². The zero-order valence-electron chi connectivity index (χ0n) is 16.2. The largest absolute Gasteiger partial charge is 0.353 e. The van der Waals surface area contributed by atoms with Crippen molar-refractivity contribution in [2.24, 2.45) is 11.8 Å². The molecule has 6 heteroatoms. The number of halogens is 1. The minimum Gasteiger partial charge on any atom is -0.353 e. The molecule has 0 spiro atoms. The molecule has 1 aliphatic rings. The molecule has 0 saturated carbocycles. The van der Waals surface area contributed by atoms with Gasteiger partial charge in [-0.2, -0.15) is 0 Å². The maximum Gasteiger partial charge on any atom is 0.270 e. The molecular formula is C21H28ClN3O2. The van der Waals surface area contributed by atoms with Gasteiger partial charge in [0.2, 0.25) is 5.91 Å². The number of H-pyrrole nitrogens is 1. The van der Waals surface area contributed by atoms with Crippen LogP contribution in [0.25, 0.3) is 10.9 Å². The summed E-state index contributed by atoms with van der Waals surface area (Å²) in [5.74, 6) is 0.435. The fraction of sp³-hybridized carbons (Fsp3) is 0.524. The van der Waals surface area contributed by atoms with Crippen molar-refractivity contribution in [3.05, 3.63) is 35.0 Å². The molecule has 2 atom stereocenters. The number of benzene rings is 1. The van der Waals surface area contributed by atoms with E-state index in [0.29, 0.717) is 29.7 Å². The predicted octanol–water partition coefficient (Wildman–Crippen LogP) is 4.22. The van der Waals surface area contributed by atoms with Crippen LogP contribution in [0.2, 0.25) is 5.02 Å². The second kappa shape index (κ2) is 8.34. The average molecular weight is 390 g/mol. The molecule has 1 aromatic heterocycles. The van der Waals surface area contributed by atoms with E-state index in [2.05, 4.69) is 17.2 Å². The molecule has 0 bridgehead atoms.